The summed E-state index contributed by atoms with van der Waals surface area (Å²) < 4.78 is 5.46. The maximum Gasteiger partial charge on any atom is 0.100 e. The van der Waals surface area contributed by atoms with Gasteiger partial charge in [-0.3, -0.25) is 0 Å². The van der Waals surface area contributed by atoms with Gasteiger partial charge in [0.15, 0.2) is 0 Å². The molecule has 1 heteroatoms. The molecule has 0 aliphatic heterocycles. The molecule has 0 unspecified atom stereocenters. The Balaban J connectivity index is 2.73. The van der Waals surface area contributed by atoms with Crippen LogP contribution in [0.5, 0.6) is 0 Å². The van der Waals surface area contributed by atoms with E-state index >= 15 is 0 Å². The molecule has 0 heterocycles. The van der Waals surface area contributed by atoms with Gasteiger partial charge in [-0.1, -0.05) is 36.4 Å². The Morgan fingerprint density at radius 1 is 1.42 bits per heavy atom. The van der Waals surface area contributed by atoms with Crippen molar-refractivity contribution in [1.29, 1.82) is 0 Å². The minimum Gasteiger partial charge on any atom is -0.370 e. The largest absolute Gasteiger partial charge is 0.370 e. The summed E-state index contributed by atoms with van der Waals surface area (Å²) in [6.45, 7) is 6.43. The summed E-state index contributed by atoms with van der Waals surface area (Å²) in [4.78, 5) is 0. The molecule has 12 heavy (non-hydrogen) atoms. The lowest BCUT2D eigenvalue weighted by Gasteiger charge is -2.11. The summed E-state index contributed by atoms with van der Waals surface area (Å²) in [6.07, 6.45) is 1.86. The highest BCUT2D eigenvalue weighted by Gasteiger charge is 2.04. The second-order valence-corrected chi connectivity index (χ2v) is 2.52. The maximum absolute atomic E-state index is 5.46. The fourth-order valence-corrected chi connectivity index (χ4v) is 1.12. The zero-order valence-corrected chi connectivity index (χ0v) is 7.36. The predicted molar refractivity (Wildman–Crippen MR) is 51.0 cm³/mol. The Kier molecular flexibility index (Phi) is 3.55. The molecule has 0 amide bonds. The van der Waals surface area contributed by atoms with Crippen LogP contribution in [0.4, 0.5) is 0 Å². The monoisotopic (exact) mass is 162 g/mol. The number of rotatable bonds is 4. The summed E-state index contributed by atoms with van der Waals surface area (Å²) in [5.41, 5.74) is 1.16. The van der Waals surface area contributed by atoms with Gasteiger partial charge in [-0.15, -0.1) is 6.58 Å². The van der Waals surface area contributed by atoms with Gasteiger partial charge in [-0.2, -0.15) is 0 Å². The van der Waals surface area contributed by atoms with Crippen molar-refractivity contribution < 1.29 is 4.74 Å². The van der Waals surface area contributed by atoms with E-state index in [0.29, 0.717) is 6.61 Å². The van der Waals surface area contributed by atoms with E-state index in [4.69, 9.17) is 4.74 Å². The fraction of sp³-hybridized carbons (Fsp3) is 0.273. The van der Waals surface area contributed by atoms with Crippen molar-refractivity contribution in [3.8, 4) is 0 Å². The molecule has 0 aromatic heterocycles. The van der Waals surface area contributed by atoms with E-state index in [-0.39, 0.29) is 6.10 Å². The van der Waals surface area contributed by atoms with Gasteiger partial charge in [-0.05, 0) is 12.5 Å². The van der Waals surface area contributed by atoms with Crippen molar-refractivity contribution in [3.05, 3.63) is 48.6 Å². The van der Waals surface area contributed by atoms with Crippen molar-refractivity contribution in [2.45, 2.75) is 13.0 Å². The summed E-state index contributed by atoms with van der Waals surface area (Å²) in [6, 6.07) is 10.1. The molecule has 64 valence electrons. The minimum atomic E-state index is 0.0381. The second-order valence-electron chi connectivity index (χ2n) is 2.52. The highest BCUT2D eigenvalue weighted by Crippen LogP contribution is 2.17. The van der Waals surface area contributed by atoms with Crippen molar-refractivity contribution in [3.63, 3.8) is 0 Å². The molecule has 0 aliphatic carbocycles. The second kappa shape index (κ2) is 4.73. The van der Waals surface area contributed by atoms with Crippen LogP contribution in [0, 0.1) is 0 Å². The lowest BCUT2D eigenvalue weighted by atomic mass is 10.1. The first-order valence-corrected chi connectivity index (χ1v) is 4.17. The predicted octanol–water partition coefficient (Wildman–Crippen LogP) is 2.95. The zero-order valence-electron chi connectivity index (χ0n) is 7.36. The normalized spacial score (nSPS) is 12.4. The molecule has 0 radical (unpaired) electrons. The van der Waals surface area contributed by atoms with Gasteiger partial charge in [0.05, 0.1) is 0 Å². The first-order chi connectivity index (χ1) is 5.88. The molecule has 0 spiro atoms. The first kappa shape index (κ1) is 9.01. The lowest BCUT2D eigenvalue weighted by molar-refractivity contribution is 0.0970. The molecule has 0 bridgehead atoms. The van der Waals surface area contributed by atoms with E-state index in [1.807, 2.05) is 43.3 Å². The molecule has 1 nitrogen and oxygen atoms in total. The highest BCUT2D eigenvalue weighted by atomic mass is 16.5. The summed E-state index contributed by atoms with van der Waals surface area (Å²) in [5.74, 6) is 0. The van der Waals surface area contributed by atoms with E-state index in [9.17, 15) is 0 Å². The molecule has 1 atom stereocenters. The SMILES string of the molecule is C=C[C@@H](OCC)c1ccccc1. The Morgan fingerprint density at radius 3 is 2.58 bits per heavy atom. The zero-order chi connectivity index (χ0) is 8.81. The molecule has 1 aromatic rings. The average molecular weight is 162 g/mol. The van der Waals surface area contributed by atoms with Crippen molar-refractivity contribution in [2.75, 3.05) is 6.61 Å². The van der Waals surface area contributed by atoms with Gasteiger partial charge in [0.25, 0.3) is 0 Å². The number of hydrogen-bond acceptors (Lipinski definition) is 1. The molecule has 1 aromatic carbocycles. The topological polar surface area (TPSA) is 9.23 Å². The number of benzene rings is 1. The highest BCUT2D eigenvalue weighted by molar-refractivity contribution is 5.20. The Bertz CT molecular complexity index is 228. The molecular weight excluding hydrogens is 148 g/mol. The number of hydrogen-bond donors (Lipinski definition) is 0. The molecule has 1 rings (SSSR count). The van der Waals surface area contributed by atoms with E-state index < -0.39 is 0 Å². The van der Waals surface area contributed by atoms with Crippen molar-refractivity contribution in [1.82, 2.24) is 0 Å². The van der Waals surface area contributed by atoms with Crippen LogP contribution in [0.25, 0.3) is 0 Å². The van der Waals surface area contributed by atoms with Gasteiger partial charge in [0, 0.05) is 6.61 Å². The lowest BCUT2D eigenvalue weighted by Crippen LogP contribution is -1.99. The fourth-order valence-electron chi connectivity index (χ4n) is 1.12. The van der Waals surface area contributed by atoms with Crippen LogP contribution in [0.15, 0.2) is 43.0 Å². The van der Waals surface area contributed by atoms with Gasteiger partial charge >= 0.3 is 0 Å². The third kappa shape index (κ3) is 2.21. The van der Waals surface area contributed by atoms with Gasteiger partial charge in [0.1, 0.15) is 6.10 Å². The van der Waals surface area contributed by atoms with E-state index in [1.54, 1.807) is 0 Å². The third-order valence-corrected chi connectivity index (χ3v) is 1.69. The van der Waals surface area contributed by atoms with E-state index in [2.05, 4.69) is 6.58 Å². The molecular formula is C11H14O. The Morgan fingerprint density at radius 2 is 2.08 bits per heavy atom. The maximum atomic E-state index is 5.46. The number of ether oxygens (including phenoxy) is 1. The molecule has 0 saturated heterocycles. The summed E-state index contributed by atoms with van der Waals surface area (Å²) >= 11 is 0. The average Bonchev–Trinajstić information content (AvgIpc) is 2.15. The van der Waals surface area contributed by atoms with Crippen LogP contribution in [-0.2, 0) is 4.74 Å². The Labute approximate surface area is 73.7 Å². The molecule has 0 fully saturated rings. The van der Waals surface area contributed by atoms with Crippen molar-refractivity contribution in [2.24, 2.45) is 0 Å². The summed E-state index contributed by atoms with van der Waals surface area (Å²) in [5, 5.41) is 0. The van der Waals surface area contributed by atoms with Crippen LogP contribution < -0.4 is 0 Å². The van der Waals surface area contributed by atoms with Crippen LogP contribution in [0.3, 0.4) is 0 Å². The van der Waals surface area contributed by atoms with Crippen LogP contribution in [-0.4, -0.2) is 6.61 Å². The molecule has 0 N–H and O–H groups in total. The molecule has 0 aliphatic rings. The van der Waals surface area contributed by atoms with E-state index in [1.165, 1.54) is 0 Å². The van der Waals surface area contributed by atoms with Crippen LogP contribution >= 0.6 is 0 Å². The quantitative estimate of drug-likeness (QED) is 0.618. The Hall–Kier alpha value is -1.08. The third-order valence-electron chi connectivity index (χ3n) is 1.69. The summed E-state index contributed by atoms with van der Waals surface area (Å²) in [7, 11) is 0. The van der Waals surface area contributed by atoms with Gasteiger partial charge in [-0.25, -0.2) is 0 Å². The first-order valence-electron chi connectivity index (χ1n) is 4.17. The van der Waals surface area contributed by atoms with Crippen LogP contribution in [0.1, 0.15) is 18.6 Å². The van der Waals surface area contributed by atoms with Crippen LogP contribution in [0.2, 0.25) is 0 Å². The molecule has 0 saturated carbocycles. The standard InChI is InChI=1S/C11H14O/c1-3-11(12-4-2)10-8-6-5-7-9-10/h3,5-9,11H,1,4H2,2H3/t11-/m1/s1. The smallest absolute Gasteiger partial charge is 0.100 e. The van der Waals surface area contributed by atoms with Crippen molar-refractivity contribution >= 4 is 0 Å². The van der Waals surface area contributed by atoms with E-state index in [0.717, 1.165) is 5.56 Å². The van der Waals surface area contributed by atoms with Gasteiger partial charge in [0.2, 0.25) is 0 Å². The van der Waals surface area contributed by atoms with Gasteiger partial charge < -0.3 is 4.74 Å². The minimum absolute atomic E-state index is 0.0381.